The lowest BCUT2D eigenvalue weighted by atomic mass is 9.99. The minimum Gasteiger partial charge on any atom is -0.497 e. The number of nitrogens with zero attached hydrogens (tertiary/aromatic N) is 3. The molecule has 7 nitrogen and oxygen atoms in total. The van der Waals surface area contributed by atoms with Crippen molar-refractivity contribution in [1.82, 2.24) is 14.8 Å². The molecule has 2 aromatic heterocycles. The first-order chi connectivity index (χ1) is 14.0. The molecule has 3 heterocycles. The second-order valence-electron chi connectivity index (χ2n) is 7.37. The summed E-state index contributed by atoms with van der Waals surface area (Å²) in [7, 11) is 5.53. The molecule has 4 rings (SSSR count). The van der Waals surface area contributed by atoms with Crippen molar-refractivity contribution >= 4 is 16.9 Å². The minimum atomic E-state index is -0.481. The summed E-state index contributed by atoms with van der Waals surface area (Å²) in [6.07, 6.45) is 4.13. The first-order valence-electron chi connectivity index (χ1n) is 9.51. The summed E-state index contributed by atoms with van der Waals surface area (Å²) >= 11 is 0. The van der Waals surface area contributed by atoms with E-state index in [9.17, 15) is 9.59 Å². The van der Waals surface area contributed by atoms with Gasteiger partial charge in [0.25, 0.3) is 5.91 Å². The molecule has 1 aliphatic heterocycles. The zero-order chi connectivity index (χ0) is 20.5. The Morgan fingerprint density at radius 3 is 2.62 bits per heavy atom. The van der Waals surface area contributed by atoms with E-state index in [1.54, 1.807) is 42.6 Å². The van der Waals surface area contributed by atoms with E-state index < -0.39 is 6.04 Å². The first kappa shape index (κ1) is 19.1. The smallest absolute Gasteiger partial charge is 0.290 e. The van der Waals surface area contributed by atoms with Crippen LogP contribution in [0.3, 0.4) is 0 Å². The molecule has 1 atom stereocenters. The van der Waals surface area contributed by atoms with Gasteiger partial charge in [-0.05, 0) is 56.9 Å². The van der Waals surface area contributed by atoms with Crippen LogP contribution in [0.25, 0.3) is 11.0 Å². The zero-order valence-electron chi connectivity index (χ0n) is 16.7. The third-order valence-corrected chi connectivity index (χ3v) is 5.20. The maximum absolute atomic E-state index is 13.4. The number of ether oxygens (including phenoxy) is 1. The van der Waals surface area contributed by atoms with Gasteiger partial charge >= 0.3 is 0 Å². The fraction of sp³-hybridized carbons (Fsp3) is 0.318. The van der Waals surface area contributed by atoms with E-state index in [2.05, 4.69) is 9.88 Å². The summed E-state index contributed by atoms with van der Waals surface area (Å²) in [4.78, 5) is 34.5. The average molecular weight is 393 g/mol. The minimum absolute atomic E-state index is 0.113. The number of methoxy groups -OCH3 is 1. The molecule has 1 aromatic carbocycles. The average Bonchev–Trinajstić information content (AvgIpc) is 3.00. The number of pyridine rings is 1. The fourth-order valence-corrected chi connectivity index (χ4v) is 3.81. The van der Waals surface area contributed by atoms with Gasteiger partial charge < -0.3 is 19.0 Å². The Morgan fingerprint density at radius 2 is 1.93 bits per heavy atom. The van der Waals surface area contributed by atoms with Gasteiger partial charge in [0, 0.05) is 25.0 Å². The monoisotopic (exact) mass is 393 g/mol. The quantitative estimate of drug-likeness (QED) is 0.641. The van der Waals surface area contributed by atoms with Crippen LogP contribution in [0.15, 0.2) is 51.9 Å². The van der Waals surface area contributed by atoms with Crippen LogP contribution >= 0.6 is 0 Å². The van der Waals surface area contributed by atoms with Crippen LogP contribution in [0.2, 0.25) is 0 Å². The van der Waals surface area contributed by atoms with Crippen molar-refractivity contribution in [3.8, 4) is 5.75 Å². The van der Waals surface area contributed by atoms with Crippen LogP contribution in [0.4, 0.5) is 0 Å². The van der Waals surface area contributed by atoms with Gasteiger partial charge in [0.05, 0.1) is 24.1 Å². The van der Waals surface area contributed by atoms with Crippen molar-refractivity contribution in [3.63, 3.8) is 0 Å². The molecule has 0 bridgehead atoms. The molecular weight excluding hydrogens is 370 g/mol. The van der Waals surface area contributed by atoms with E-state index in [1.165, 1.54) is 0 Å². The highest BCUT2D eigenvalue weighted by Crippen LogP contribution is 2.38. The molecule has 0 N–H and O–H groups in total. The van der Waals surface area contributed by atoms with Gasteiger partial charge in [-0.2, -0.15) is 0 Å². The molecular formula is C22H23N3O4. The SMILES string of the molecule is COc1ccc2c(=O)c3c(oc2c1)C(=O)N(CCCN(C)C)[C@H]3c1ccncc1. The summed E-state index contributed by atoms with van der Waals surface area (Å²) in [5.74, 6) is 0.421. The lowest BCUT2D eigenvalue weighted by Crippen LogP contribution is -2.32. The Hall–Kier alpha value is -3.19. The van der Waals surface area contributed by atoms with Crippen molar-refractivity contribution in [1.29, 1.82) is 0 Å². The van der Waals surface area contributed by atoms with Crippen LogP contribution < -0.4 is 10.2 Å². The Kier molecular flexibility index (Phi) is 5.07. The molecule has 7 heteroatoms. The van der Waals surface area contributed by atoms with Crippen LogP contribution in [0, 0.1) is 0 Å². The number of benzene rings is 1. The third kappa shape index (κ3) is 3.38. The number of rotatable bonds is 6. The number of hydrogen-bond donors (Lipinski definition) is 0. The Labute approximate surface area is 168 Å². The number of carbonyl (C=O) groups is 1. The van der Waals surface area contributed by atoms with Crippen LogP contribution in [0.5, 0.6) is 5.75 Å². The summed E-state index contributed by atoms with van der Waals surface area (Å²) in [5, 5.41) is 0.437. The van der Waals surface area contributed by atoms with E-state index in [0.717, 1.165) is 18.5 Å². The van der Waals surface area contributed by atoms with E-state index in [-0.39, 0.29) is 17.1 Å². The van der Waals surface area contributed by atoms with Crippen molar-refractivity contribution in [2.45, 2.75) is 12.5 Å². The standard InChI is InChI=1S/C22H23N3O4/c1-24(2)11-4-12-25-19(14-7-9-23-10-8-14)18-20(26)16-6-5-15(28-3)13-17(16)29-21(18)22(25)27/h5-10,13,19H,4,11-12H2,1-3H3/t19-/m0/s1. The number of carbonyl (C=O) groups excluding carboxylic acids is 1. The largest absolute Gasteiger partial charge is 0.497 e. The molecule has 3 aromatic rings. The summed E-state index contributed by atoms with van der Waals surface area (Å²) in [6, 6.07) is 8.24. The molecule has 0 saturated carbocycles. The van der Waals surface area contributed by atoms with Gasteiger partial charge in [0.2, 0.25) is 5.76 Å². The Bertz CT molecular complexity index is 1110. The van der Waals surface area contributed by atoms with Crippen molar-refractivity contribution < 1.29 is 13.9 Å². The van der Waals surface area contributed by atoms with Gasteiger partial charge in [0.15, 0.2) is 5.43 Å². The zero-order valence-corrected chi connectivity index (χ0v) is 16.7. The number of amides is 1. The Morgan fingerprint density at radius 1 is 1.17 bits per heavy atom. The predicted molar refractivity (Wildman–Crippen MR) is 109 cm³/mol. The van der Waals surface area contributed by atoms with Crippen molar-refractivity contribution in [3.05, 3.63) is 69.8 Å². The summed E-state index contributed by atoms with van der Waals surface area (Å²) < 4.78 is 11.2. The van der Waals surface area contributed by atoms with Crippen molar-refractivity contribution in [2.24, 2.45) is 0 Å². The first-order valence-corrected chi connectivity index (χ1v) is 9.51. The Balaban J connectivity index is 1.87. The highest BCUT2D eigenvalue weighted by molar-refractivity contribution is 5.99. The molecule has 0 fully saturated rings. The van der Waals surface area contributed by atoms with E-state index in [0.29, 0.717) is 28.8 Å². The third-order valence-electron chi connectivity index (χ3n) is 5.20. The van der Waals surface area contributed by atoms with Crippen LogP contribution in [-0.2, 0) is 0 Å². The molecule has 150 valence electrons. The second kappa shape index (κ2) is 7.67. The van der Waals surface area contributed by atoms with E-state index in [4.69, 9.17) is 9.15 Å². The normalized spacial score (nSPS) is 15.9. The number of fused-ring (bicyclic) bond motifs is 2. The highest BCUT2D eigenvalue weighted by atomic mass is 16.5. The predicted octanol–water partition coefficient (Wildman–Crippen LogP) is 2.69. The van der Waals surface area contributed by atoms with Gasteiger partial charge in [-0.3, -0.25) is 14.6 Å². The molecule has 0 aliphatic carbocycles. The second-order valence-corrected chi connectivity index (χ2v) is 7.37. The molecule has 29 heavy (non-hydrogen) atoms. The number of hydrogen-bond acceptors (Lipinski definition) is 6. The summed E-state index contributed by atoms with van der Waals surface area (Å²) in [5.41, 5.74) is 1.40. The van der Waals surface area contributed by atoms with Gasteiger partial charge in [-0.15, -0.1) is 0 Å². The van der Waals surface area contributed by atoms with Crippen molar-refractivity contribution in [2.75, 3.05) is 34.3 Å². The van der Waals surface area contributed by atoms with E-state index >= 15 is 0 Å². The molecule has 0 saturated heterocycles. The number of aromatic nitrogens is 1. The lowest BCUT2D eigenvalue weighted by molar-refractivity contribution is 0.0722. The topological polar surface area (TPSA) is 75.9 Å². The molecule has 1 aliphatic rings. The van der Waals surface area contributed by atoms with E-state index in [1.807, 2.05) is 26.2 Å². The maximum atomic E-state index is 13.4. The lowest BCUT2D eigenvalue weighted by Gasteiger charge is -2.25. The maximum Gasteiger partial charge on any atom is 0.290 e. The van der Waals surface area contributed by atoms with Gasteiger partial charge in [-0.1, -0.05) is 0 Å². The van der Waals surface area contributed by atoms with Crippen LogP contribution in [-0.4, -0.2) is 55.0 Å². The molecule has 0 spiro atoms. The highest BCUT2D eigenvalue weighted by Gasteiger charge is 2.42. The van der Waals surface area contributed by atoms with Crippen LogP contribution in [0.1, 0.15) is 34.1 Å². The molecule has 0 unspecified atom stereocenters. The van der Waals surface area contributed by atoms with Gasteiger partial charge in [0.1, 0.15) is 11.3 Å². The molecule has 1 amide bonds. The fourth-order valence-electron chi connectivity index (χ4n) is 3.81. The summed E-state index contributed by atoms with van der Waals surface area (Å²) in [6.45, 7) is 1.36. The van der Waals surface area contributed by atoms with Gasteiger partial charge in [-0.25, -0.2) is 0 Å². The molecule has 0 radical (unpaired) electrons.